The Morgan fingerprint density at radius 1 is 0.548 bits per heavy atom. The maximum Gasteiger partial charge on any atom is 0.115 e. The molecular formula is C27H22O2S2. The smallest absolute Gasteiger partial charge is 0.115 e. The minimum absolute atomic E-state index is 0.238. The van der Waals surface area contributed by atoms with Gasteiger partial charge in [0.2, 0.25) is 0 Å². The van der Waals surface area contributed by atoms with E-state index in [-0.39, 0.29) is 11.5 Å². The van der Waals surface area contributed by atoms with E-state index in [4.69, 9.17) is 0 Å². The Morgan fingerprint density at radius 2 is 0.935 bits per heavy atom. The van der Waals surface area contributed by atoms with Crippen LogP contribution in [0.3, 0.4) is 0 Å². The van der Waals surface area contributed by atoms with Crippen LogP contribution in [0.15, 0.2) is 94.7 Å². The van der Waals surface area contributed by atoms with E-state index in [2.05, 4.69) is 61.0 Å². The molecule has 5 rings (SSSR count). The molecule has 0 aromatic heterocycles. The van der Waals surface area contributed by atoms with Crippen LogP contribution in [-0.4, -0.2) is 22.7 Å². The molecule has 4 aromatic rings. The lowest BCUT2D eigenvalue weighted by molar-refractivity contribution is 0.473. The van der Waals surface area contributed by atoms with Gasteiger partial charge in [-0.1, -0.05) is 36.4 Å². The number of rotatable bonds is 4. The van der Waals surface area contributed by atoms with Crippen molar-refractivity contribution < 1.29 is 10.2 Å². The van der Waals surface area contributed by atoms with Crippen LogP contribution in [-0.2, 0) is 5.41 Å². The van der Waals surface area contributed by atoms with Crippen molar-refractivity contribution in [2.45, 2.75) is 15.2 Å². The monoisotopic (exact) mass is 442 g/mol. The summed E-state index contributed by atoms with van der Waals surface area (Å²) in [6, 6.07) is 28.4. The van der Waals surface area contributed by atoms with E-state index < -0.39 is 5.41 Å². The normalized spacial score (nSPS) is 13.6. The van der Waals surface area contributed by atoms with Crippen molar-refractivity contribution in [3.63, 3.8) is 0 Å². The molecule has 0 saturated carbocycles. The summed E-state index contributed by atoms with van der Waals surface area (Å²) in [7, 11) is 0. The number of fused-ring (bicyclic) bond motifs is 3. The highest BCUT2D eigenvalue weighted by Crippen LogP contribution is 2.57. The summed E-state index contributed by atoms with van der Waals surface area (Å²) < 4.78 is 0. The van der Waals surface area contributed by atoms with Gasteiger partial charge in [-0.25, -0.2) is 0 Å². The Kier molecular flexibility index (Phi) is 4.99. The van der Waals surface area contributed by atoms with Crippen LogP contribution >= 0.6 is 23.5 Å². The summed E-state index contributed by atoms with van der Waals surface area (Å²) >= 11 is 3.43. The quantitative estimate of drug-likeness (QED) is 0.297. The Labute approximate surface area is 191 Å². The van der Waals surface area contributed by atoms with E-state index in [1.807, 2.05) is 24.3 Å². The van der Waals surface area contributed by atoms with Crippen LogP contribution < -0.4 is 0 Å². The van der Waals surface area contributed by atoms with Gasteiger partial charge < -0.3 is 10.2 Å². The first kappa shape index (κ1) is 20.1. The molecule has 0 fully saturated rings. The second kappa shape index (κ2) is 7.70. The molecule has 0 aliphatic heterocycles. The van der Waals surface area contributed by atoms with E-state index in [0.29, 0.717) is 0 Å². The molecule has 1 aliphatic rings. The number of phenols is 2. The van der Waals surface area contributed by atoms with Gasteiger partial charge in [0.05, 0.1) is 5.41 Å². The standard InChI is InChI=1S/C27H22O2S2/c1-30-21-9-3-17(4-10-21)27(18-5-11-22(31-2)12-6-18)25-15-19(28)7-13-23(25)24-14-8-20(29)16-26(24)27/h3-16,28-29H,1-2H3. The third-order valence-corrected chi connectivity index (χ3v) is 7.64. The van der Waals surface area contributed by atoms with Gasteiger partial charge >= 0.3 is 0 Å². The van der Waals surface area contributed by atoms with Crippen molar-refractivity contribution >= 4 is 23.5 Å². The molecule has 0 atom stereocenters. The highest BCUT2D eigenvalue weighted by Gasteiger charge is 2.46. The fourth-order valence-electron chi connectivity index (χ4n) is 4.77. The second-order valence-corrected chi connectivity index (χ2v) is 9.43. The van der Waals surface area contributed by atoms with Gasteiger partial charge in [-0.15, -0.1) is 23.5 Å². The van der Waals surface area contributed by atoms with Gasteiger partial charge in [-0.3, -0.25) is 0 Å². The minimum Gasteiger partial charge on any atom is -0.508 e. The summed E-state index contributed by atoms with van der Waals surface area (Å²) in [6.45, 7) is 0. The number of benzene rings is 4. The predicted molar refractivity (Wildman–Crippen MR) is 131 cm³/mol. The molecule has 2 N–H and O–H groups in total. The molecule has 0 bridgehead atoms. The Morgan fingerprint density at radius 3 is 1.29 bits per heavy atom. The van der Waals surface area contributed by atoms with Crippen molar-refractivity contribution in [2.24, 2.45) is 0 Å². The largest absolute Gasteiger partial charge is 0.508 e. The number of thioether (sulfide) groups is 2. The summed E-state index contributed by atoms with van der Waals surface area (Å²) in [6.07, 6.45) is 4.14. The first-order chi connectivity index (χ1) is 15.1. The van der Waals surface area contributed by atoms with Crippen LogP contribution in [0.4, 0.5) is 0 Å². The van der Waals surface area contributed by atoms with Crippen molar-refractivity contribution in [3.8, 4) is 22.6 Å². The molecule has 0 spiro atoms. The molecule has 4 aromatic carbocycles. The molecule has 31 heavy (non-hydrogen) atoms. The van der Waals surface area contributed by atoms with Crippen LogP contribution in [0.25, 0.3) is 11.1 Å². The fraction of sp³-hybridized carbons (Fsp3) is 0.111. The topological polar surface area (TPSA) is 40.5 Å². The third-order valence-electron chi connectivity index (χ3n) is 6.15. The van der Waals surface area contributed by atoms with Crippen LogP contribution in [0.1, 0.15) is 22.3 Å². The van der Waals surface area contributed by atoms with E-state index in [1.54, 1.807) is 35.7 Å². The summed E-state index contributed by atoms with van der Waals surface area (Å²) in [5.74, 6) is 0.475. The average molecular weight is 443 g/mol. The van der Waals surface area contributed by atoms with Crippen LogP contribution in [0.2, 0.25) is 0 Å². The van der Waals surface area contributed by atoms with Crippen molar-refractivity contribution in [2.75, 3.05) is 12.5 Å². The van der Waals surface area contributed by atoms with E-state index in [1.165, 1.54) is 9.79 Å². The van der Waals surface area contributed by atoms with Gasteiger partial charge in [-0.05, 0) is 94.4 Å². The van der Waals surface area contributed by atoms with Crippen molar-refractivity contribution in [3.05, 3.63) is 107 Å². The van der Waals surface area contributed by atoms with E-state index in [9.17, 15) is 10.2 Å². The lowest BCUT2D eigenvalue weighted by atomic mass is 9.67. The molecule has 1 aliphatic carbocycles. The molecule has 4 heteroatoms. The zero-order valence-corrected chi connectivity index (χ0v) is 18.9. The summed E-state index contributed by atoms with van der Waals surface area (Å²) in [4.78, 5) is 2.39. The summed E-state index contributed by atoms with van der Waals surface area (Å²) in [5, 5.41) is 20.9. The summed E-state index contributed by atoms with van der Waals surface area (Å²) in [5.41, 5.74) is 5.81. The zero-order chi connectivity index (χ0) is 21.6. The molecular weight excluding hydrogens is 420 g/mol. The van der Waals surface area contributed by atoms with Crippen molar-refractivity contribution in [1.82, 2.24) is 0 Å². The van der Waals surface area contributed by atoms with Crippen LogP contribution in [0.5, 0.6) is 11.5 Å². The maximum atomic E-state index is 10.5. The Bertz CT molecular complexity index is 1160. The zero-order valence-electron chi connectivity index (χ0n) is 17.3. The molecule has 0 radical (unpaired) electrons. The highest BCUT2D eigenvalue weighted by atomic mass is 32.2. The van der Waals surface area contributed by atoms with E-state index >= 15 is 0 Å². The number of phenolic OH excluding ortho intramolecular Hbond substituents is 2. The fourth-order valence-corrected chi connectivity index (χ4v) is 5.59. The maximum absolute atomic E-state index is 10.5. The minimum atomic E-state index is -0.629. The van der Waals surface area contributed by atoms with E-state index in [0.717, 1.165) is 33.4 Å². The Hall–Kier alpha value is -2.82. The van der Waals surface area contributed by atoms with Crippen LogP contribution in [0, 0.1) is 0 Å². The second-order valence-electron chi connectivity index (χ2n) is 7.67. The number of aromatic hydroxyl groups is 2. The predicted octanol–water partition coefficient (Wildman–Crippen LogP) is 6.90. The highest BCUT2D eigenvalue weighted by molar-refractivity contribution is 7.98. The van der Waals surface area contributed by atoms with Gasteiger partial charge in [0.1, 0.15) is 11.5 Å². The van der Waals surface area contributed by atoms with Crippen molar-refractivity contribution in [1.29, 1.82) is 0 Å². The Balaban J connectivity index is 1.91. The molecule has 0 amide bonds. The molecule has 0 unspecified atom stereocenters. The first-order valence-electron chi connectivity index (χ1n) is 10.0. The number of hydrogen-bond donors (Lipinski definition) is 2. The third kappa shape index (κ3) is 3.05. The molecule has 0 heterocycles. The first-order valence-corrected chi connectivity index (χ1v) is 12.5. The lowest BCUT2D eigenvalue weighted by Crippen LogP contribution is -2.28. The molecule has 2 nitrogen and oxygen atoms in total. The van der Waals surface area contributed by atoms with Gasteiger partial charge in [0, 0.05) is 9.79 Å². The SMILES string of the molecule is CSc1ccc(C2(c3ccc(SC)cc3)c3cc(O)ccc3-c3ccc(O)cc32)cc1. The molecule has 154 valence electrons. The van der Waals surface area contributed by atoms with Gasteiger partial charge in [0.15, 0.2) is 0 Å². The molecule has 0 saturated heterocycles. The average Bonchev–Trinajstić information content (AvgIpc) is 3.08. The van der Waals surface area contributed by atoms with Gasteiger partial charge in [-0.2, -0.15) is 0 Å². The number of hydrogen-bond acceptors (Lipinski definition) is 4. The lowest BCUT2D eigenvalue weighted by Gasteiger charge is -2.34. The van der Waals surface area contributed by atoms with Gasteiger partial charge in [0.25, 0.3) is 0 Å².